The van der Waals surface area contributed by atoms with E-state index in [0.29, 0.717) is 0 Å². The lowest BCUT2D eigenvalue weighted by Gasteiger charge is -1.96. The van der Waals surface area contributed by atoms with E-state index in [2.05, 4.69) is 16.2 Å². The van der Waals surface area contributed by atoms with Crippen molar-refractivity contribution in [2.75, 3.05) is 6.54 Å². The van der Waals surface area contributed by atoms with Gasteiger partial charge in [-0.25, -0.2) is 0 Å². The number of aromatic nitrogens is 1. The van der Waals surface area contributed by atoms with Gasteiger partial charge in [-0.2, -0.15) is 0 Å². The predicted octanol–water partition coefficient (Wildman–Crippen LogP) is 1.26. The molecule has 1 aromatic rings. The molecule has 0 aliphatic heterocycles. The number of nitrogens with one attached hydrogen (secondary N) is 1. The third-order valence-corrected chi connectivity index (χ3v) is 2.01. The first-order valence-corrected chi connectivity index (χ1v) is 4.33. The minimum Gasteiger partial charge on any atom is -0.311 e. The van der Waals surface area contributed by atoms with Crippen LogP contribution in [0.1, 0.15) is 11.3 Å². The van der Waals surface area contributed by atoms with Crippen LogP contribution in [0.2, 0.25) is 0 Å². The molecule has 1 rings (SSSR count). The van der Waals surface area contributed by atoms with Crippen molar-refractivity contribution >= 4 is 11.3 Å². The van der Waals surface area contributed by atoms with Gasteiger partial charge >= 0.3 is 0 Å². The number of terminal acetylenes is 1. The van der Waals surface area contributed by atoms with E-state index in [4.69, 9.17) is 6.42 Å². The van der Waals surface area contributed by atoms with E-state index in [1.165, 1.54) is 4.88 Å². The van der Waals surface area contributed by atoms with Crippen LogP contribution >= 0.6 is 11.3 Å². The molecule has 2 nitrogen and oxygen atoms in total. The predicted molar refractivity (Wildman–Crippen MR) is 47.3 cm³/mol. The Kier molecular flexibility index (Phi) is 3.67. The lowest BCUT2D eigenvalue weighted by molar-refractivity contribution is 0.708. The summed E-state index contributed by atoms with van der Waals surface area (Å²) in [6, 6.07) is 0. The average molecular weight is 166 g/mol. The van der Waals surface area contributed by atoms with Gasteiger partial charge in [-0.3, -0.25) is 4.98 Å². The molecule has 0 spiro atoms. The van der Waals surface area contributed by atoms with Crippen molar-refractivity contribution in [1.29, 1.82) is 0 Å². The fourth-order valence-electron chi connectivity index (χ4n) is 0.702. The molecule has 1 heterocycles. The summed E-state index contributed by atoms with van der Waals surface area (Å²) in [6.07, 6.45) is 7.75. The highest BCUT2D eigenvalue weighted by Gasteiger charge is 1.91. The lowest BCUT2D eigenvalue weighted by Crippen LogP contribution is -2.13. The number of thiazole rings is 1. The molecule has 0 atom stereocenters. The highest BCUT2D eigenvalue weighted by molar-refractivity contribution is 7.09. The van der Waals surface area contributed by atoms with Crippen LogP contribution in [0, 0.1) is 12.3 Å². The SMILES string of the molecule is C#CCCNCc1cncs1. The second-order valence-electron chi connectivity index (χ2n) is 2.10. The lowest BCUT2D eigenvalue weighted by atomic mass is 10.4. The van der Waals surface area contributed by atoms with Crippen molar-refractivity contribution in [3.8, 4) is 12.3 Å². The third kappa shape index (κ3) is 3.17. The molecule has 3 heteroatoms. The van der Waals surface area contributed by atoms with Crippen molar-refractivity contribution in [2.45, 2.75) is 13.0 Å². The summed E-state index contributed by atoms with van der Waals surface area (Å²) in [7, 11) is 0. The van der Waals surface area contributed by atoms with Crippen molar-refractivity contribution in [1.82, 2.24) is 10.3 Å². The second-order valence-corrected chi connectivity index (χ2v) is 3.07. The second kappa shape index (κ2) is 4.89. The Morgan fingerprint density at radius 3 is 3.27 bits per heavy atom. The number of hydrogen-bond donors (Lipinski definition) is 1. The smallest absolute Gasteiger partial charge is 0.0794 e. The molecule has 0 saturated carbocycles. The van der Waals surface area contributed by atoms with Crippen LogP contribution < -0.4 is 5.32 Å². The van der Waals surface area contributed by atoms with Gasteiger partial charge in [0.2, 0.25) is 0 Å². The third-order valence-electron chi connectivity index (χ3n) is 1.23. The topological polar surface area (TPSA) is 24.9 Å². The van der Waals surface area contributed by atoms with Crippen molar-refractivity contribution < 1.29 is 0 Å². The molecule has 0 amide bonds. The van der Waals surface area contributed by atoms with Crippen LogP contribution in [0.5, 0.6) is 0 Å². The van der Waals surface area contributed by atoms with Gasteiger partial charge in [-0.05, 0) is 0 Å². The quantitative estimate of drug-likeness (QED) is 0.538. The number of hydrogen-bond acceptors (Lipinski definition) is 3. The summed E-state index contributed by atoms with van der Waals surface area (Å²) in [5.41, 5.74) is 1.83. The highest BCUT2D eigenvalue weighted by atomic mass is 32.1. The fourth-order valence-corrected chi connectivity index (χ4v) is 1.27. The largest absolute Gasteiger partial charge is 0.311 e. The molecular formula is C8H10N2S. The molecule has 58 valence electrons. The summed E-state index contributed by atoms with van der Waals surface area (Å²) in [5.74, 6) is 2.57. The van der Waals surface area contributed by atoms with Crippen LogP contribution in [0.3, 0.4) is 0 Å². The van der Waals surface area contributed by atoms with Crippen molar-refractivity contribution in [3.63, 3.8) is 0 Å². The molecule has 0 aliphatic rings. The molecule has 1 N–H and O–H groups in total. The Morgan fingerprint density at radius 2 is 2.64 bits per heavy atom. The zero-order chi connectivity index (χ0) is 7.94. The van der Waals surface area contributed by atoms with E-state index in [-0.39, 0.29) is 0 Å². The standard InChI is InChI=1S/C8H10N2S/c1-2-3-4-9-5-8-6-10-7-11-8/h1,6-7,9H,3-5H2. The van der Waals surface area contributed by atoms with Gasteiger partial charge in [0.25, 0.3) is 0 Å². The van der Waals surface area contributed by atoms with E-state index in [0.717, 1.165) is 19.5 Å². The van der Waals surface area contributed by atoms with E-state index < -0.39 is 0 Å². The maximum atomic E-state index is 5.09. The summed E-state index contributed by atoms with van der Waals surface area (Å²) in [6.45, 7) is 1.76. The maximum absolute atomic E-state index is 5.09. The van der Waals surface area contributed by atoms with Gasteiger partial charge in [-0.15, -0.1) is 23.7 Å². The van der Waals surface area contributed by atoms with Gasteiger partial charge in [0.05, 0.1) is 5.51 Å². The molecule has 1 aromatic heterocycles. The van der Waals surface area contributed by atoms with Crippen LogP contribution in [-0.4, -0.2) is 11.5 Å². The monoisotopic (exact) mass is 166 g/mol. The first-order chi connectivity index (χ1) is 5.43. The normalized spacial score (nSPS) is 9.36. The Balaban J connectivity index is 2.10. The summed E-state index contributed by atoms with van der Waals surface area (Å²) < 4.78 is 0. The van der Waals surface area contributed by atoms with E-state index in [1.807, 2.05) is 11.7 Å². The van der Waals surface area contributed by atoms with E-state index in [1.54, 1.807) is 11.3 Å². The Morgan fingerprint density at radius 1 is 1.73 bits per heavy atom. The van der Waals surface area contributed by atoms with Gasteiger partial charge < -0.3 is 5.32 Å². The number of rotatable bonds is 4. The Bertz CT molecular complexity index is 223. The van der Waals surface area contributed by atoms with E-state index >= 15 is 0 Å². The van der Waals surface area contributed by atoms with Crippen molar-refractivity contribution in [3.05, 3.63) is 16.6 Å². The van der Waals surface area contributed by atoms with Crippen LogP contribution in [0.15, 0.2) is 11.7 Å². The highest BCUT2D eigenvalue weighted by Crippen LogP contribution is 2.03. The van der Waals surface area contributed by atoms with E-state index in [9.17, 15) is 0 Å². The molecular weight excluding hydrogens is 156 g/mol. The molecule has 0 saturated heterocycles. The van der Waals surface area contributed by atoms with Gasteiger partial charge in [0.1, 0.15) is 0 Å². The maximum Gasteiger partial charge on any atom is 0.0794 e. The molecule has 0 unspecified atom stereocenters. The molecule has 0 aromatic carbocycles. The number of nitrogens with zero attached hydrogens (tertiary/aromatic N) is 1. The average Bonchev–Trinajstić information content (AvgIpc) is 2.50. The first kappa shape index (κ1) is 8.25. The van der Waals surface area contributed by atoms with Crippen LogP contribution in [-0.2, 0) is 6.54 Å². The van der Waals surface area contributed by atoms with Gasteiger partial charge in [0.15, 0.2) is 0 Å². The minimum absolute atomic E-state index is 0.790. The molecule has 11 heavy (non-hydrogen) atoms. The van der Waals surface area contributed by atoms with Crippen LogP contribution in [0.4, 0.5) is 0 Å². The zero-order valence-electron chi connectivity index (χ0n) is 6.21. The molecule has 0 aliphatic carbocycles. The molecule has 0 bridgehead atoms. The van der Waals surface area contributed by atoms with Gasteiger partial charge in [-0.1, -0.05) is 0 Å². The summed E-state index contributed by atoms with van der Waals surface area (Å²) in [5, 5.41) is 3.22. The molecule has 0 fully saturated rings. The van der Waals surface area contributed by atoms with Crippen molar-refractivity contribution in [2.24, 2.45) is 0 Å². The Hall–Kier alpha value is -0.850. The summed E-state index contributed by atoms with van der Waals surface area (Å²) in [4.78, 5) is 5.21. The van der Waals surface area contributed by atoms with Crippen LogP contribution in [0.25, 0.3) is 0 Å². The summed E-state index contributed by atoms with van der Waals surface area (Å²) >= 11 is 1.66. The first-order valence-electron chi connectivity index (χ1n) is 3.45. The molecule has 0 radical (unpaired) electrons. The fraction of sp³-hybridized carbons (Fsp3) is 0.375. The zero-order valence-corrected chi connectivity index (χ0v) is 7.03. The Labute approximate surface area is 70.7 Å². The van der Waals surface area contributed by atoms with Gasteiger partial charge in [0, 0.05) is 30.6 Å². The minimum atomic E-state index is 0.790.